The first-order valence-electron chi connectivity index (χ1n) is 6.32. The zero-order valence-electron chi connectivity index (χ0n) is 11.1. The van der Waals surface area contributed by atoms with Crippen molar-refractivity contribution in [3.63, 3.8) is 0 Å². The van der Waals surface area contributed by atoms with Crippen molar-refractivity contribution in [3.05, 3.63) is 22.4 Å². The molecule has 0 saturated heterocycles. The minimum Gasteiger partial charge on any atom is -0.389 e. The molecule has 1 rings (SSSR count). The van der Waals surface area contributed by atoms with Gasteiger partial charge in [-0.1, -0.05) is 6.07 Å². The molecule has 2 unspecified atom stereocenters. The van der Waals surface area contributed by atoms with E-state index in [-0.39, 0.29) is 6.10 Å². The molecule has 0 amide bonds. The van der Waals surface area contributed by atoms with Gasteiger partial charge in [-0.15, -0.1) is 11.3 Å². The first-order valence-corrected chi connectivity index (χ1v) is 7.20. The molecule has 0 spiro atoms. The van der Waals surface area contributed by atoms with Gasteiger partial charge in [-0.25, -0.2) is 0 Å². The van der Waals surface area contributed by atoms with Gasteiger partial charge in [0.05, 0.1) is 25.4 Å². The molecular weight excluding hydrogens is 250 g/mol. The summed E-state index contributed by atoms with van der Waals surface area (Å²) >= 11 is 1.66. The minimum atomic E-state index is -0.473. The molecule has 0 aromatic carbocycles. The number of hydrogen-bond acceptors (Lipinski definition) is 5. The Hall–Kier alpha value is -0.460. The first kappa shape index (κ1) is 15.6. The molecule has 1 aromatic heterocycles. The second kappa shape index (κ2) is 9.47. The minimum absolute atomic E-state index is 0.175. The van der Waals surface area contributed by atoms with Crippen molar-refractivity contribution < 1.29 is 14.6 Å². The molecule has 1 aromatic rings. The van der Waals surface area contributed by atoms with Crippen molar-refractivity contribution in [2.24, 2.45) is 0 Å². The Bertz CT molecular complexity index is 292. The molecule has 5 heteroatoms. The number of aliphatic hydroxyl groups excluding tert-OH is 1. The lowest BCUT2D eigenvalue weighted by molar-refractivity contribution is 0.0258. The number of rotatable bonds is 10. The van der Waals surface area contributed by atoms with E-state index in [1.54, 1.807) is 11.3 Å². The molecule has 2 N–H and O–H groups in total. The van der Waals surface area contributed by atoms with Crippen LogP contribution in [0, 0.1) is 0 Å². The lowest BCUT2D eigenvalue weighted by Gasteiger charge is -2.15. The van der Waals surface area contributed by atoms with Crippen molar-refractivity contribution >= 4 is 11.3 Å². The number of hydrogen-bond donors (Lipinski definition) is 2. The molecular formula is C13H23NO3S. The summed E-state index contributed by atoms with van der Waals surface area (Å²) in [4.78, 5) is 1.18. The van der Waals surface area contributed by atoms with Crippen LogP contribution >= 0.6 is 11.3 Å². The van der Waals surface area contributed by atoms with Crippen LogP contribution in [0.15, 0.2) is 17.5 Å². The Morgan fingerprint density at radius 3 is 2.94 bits per heavy atom. The molecule has 18 heavy (non-hydrogen) atoms. The summed E-state index contributed by atoms with van der Waals surface area (Å²) in [5.41, 5.74) is 0. The van der Waals surface area contributed by atoms with Crippen molar-refractivity contribution in [2.45, 2.75) is 32.7 Å². The molecule has 1 heterocycles. The van der Waals surface area contributed by atoms with E-state index in [2.05, 4.69) is 5.32 Å². The fourth-order valence-electron chi connectivity index (χ4n) is 1.55. The highest BCUT2D eigenvalue weighted by atomic mass is 32.1. The first-order chi connectivity index (χ1) is 8.72. The Kier molecular flexibility index (Phi) is 8.20. The number of nitrogens with one attached hydrogen (secondary N) is 1. The SMILES string of the molecule is CCOC(C)CNCC(O)COCc1cccs1. The zero-order valence-corrected chi connectivity index (χ0v) is 11.9. The average Bonchev–Trinajstić information content (AvgIpc) is 2.82. The molecule has 0 aliphatic heterocycles. The van der Waals surface area contributed by atoms with Gasteiger partial charge in [0.25, 0.3) is 0 Å². The molecule has 0 aliphatic carbocycles. The van der Waals surface area contributed by atoms with Gasteiger partial charge >= 0.3 is 0 Å². The van der Waals surface area contributed by atoms with Crippen LogP contribution in [0.4, 0.5) is 0 Å². The van der Waals surface area contributed by atoms with Gasteiger partial charge in [0, 0.05) is 24.6 Å². The second-order valence-electron chi connectivity index (χ2n) is 4.17. The molecule has 2 atom stereocenters. The standard InChI is InChI=1S/C13H23NO3S/c1-3-17-11(2)7-14-8-12(15)9-16-10-13-5-4-6-18-13/h4-6,11-12,14-15H,3,7-10H2,1-2H3. The highest BCUT2D eigenvalue weighted by Gasteiger charge is 2.06. The van der Waals surface area contributed by atoms with Crippen LogP contribution in [0.25, 0.3) is 0 Å². The normalized spacial score (nSPS) is 14.6. The predicted molar refractivity (Wildman–Crippen MR) is 73.9 cm³/mol. The van der Waals surface area contributed by atoms with Gasteiger partial charge in [-0.05, 0) is 25.3 Å². The molecule has 4 nitrogen and oxygen atoms in total. The summed E-state index contributed by atoms with van der Waals surface area (Å²) in [5.74, 6) is 0. The van der Waals surface area contributed by atoms with Crippen LogP contribution in [0.5, 0.6) is 0 Å². The maximum atomic E-state index is 9.70. The summed E-state index contributed by atoms with van der Waals surface area (Å²) in [6, 6.07) is 4.02. The Labute approximate surface area is 113 Å². The predicted octanol–water partition coefficient (Wildman–Crippen LogP) is 1.64. The molecule has 104 valence electrons. The van der Waals surface area contributed by atoms with E-state index in [0.717, 1.165) is 13.2 Å². The van der Waals surface area contributed by atoms with Gasteiger partial charge in [0.15, 0.2) is 0 Å². The quantitative estimate of drug-likeness (QED) is 0.680. The molecule has 0 fully saturated rings. The summed E-state index contributed by atoms with van der Waals surface area (Å²) in [7, 11) is 0. The van der Waals surface area contributed by atoms with Crippen molar-refractivity contribution in [3.8, 4) is 0 Å². The number of thiophene rings is 1. The highest BCUT2D eigenvalue weighted by molar-refractivity contribution is 7.09. The maximum absolute atomic E-state index is 9.70. The molecule has 0 aliphatic rings. The second-order valence-corrected chi connectivity index (χ2v) is 5.20. The van der Waals surface area contributed by atoms with Crippen LogP contribution in [-0.4, -0.2) is 43.6 Å². The Morgan fingerprint density at radius 1 is 1.44 bits per heavy atom. The van der Waals surface area contributed by atoms with E-state index in [0.29, 0.717) is 19.8 Å². The third-order valence-electron chi connectivity index (χ3n) is 2.40. The third kappa shape index (κ3) is 7.08. The van der Waals surface area contributed by atoms with E-state index in [4.69, 9.17) is 9.47 Å². The fourth-order valence-corrected chi connectivity index (χ4v) is 2.19. The van der Waals surface area contributed by atoms with Crippen LogP contribution in [0.3, 0.4) is 0 Å². The fraction of sp³-hybridized carbons (Fsp3) is 0.692. The van der Waals surface area contributed by atoms with Gasteiger partial charge in [-0.3, -0.25) is 0 Å². The lowest BCUT2D eigenvalue weighted by atomic mass is 10.3. The van der Waals surface area contributed by atoms with Crippen LogP contribution in [0.2, 0.25) is 0 Å². The average molecular weight is 273 g/mol. The third-order valence-corrected chi connectivity index (χ3v) is 3.25. The van der Waals surface area contributed by atoms with Gasteiger partial charge in [-0.2, -0.15) is 0 Å². The van der Waals surface area contributed by atoms with E-state index in [1.807, 2.05) is 31.4 Å². The van der Waals surface area contributed by atoms with E-state index in [9.17, 15) is 5.11 Å². The monoisotopic (exact) mass is 273 g/mol. The lowest BCUT2D eigenvalue weighted by Crippen LogP contribution is -2.35. The van der Waals surface area contributed by atoms with Gasteiger partial charge in [0.2, 0.25) is 0 Å². The van der Waals surface area contributed by atoms with Crippen LogP contribution in [-0.2, 0) is 16.1 Å². The smallest absolute Gasteiger partial charge is 0.0897 e. The molecule has 0 bridgehead atoms. The highest BCUT2D eigenvalue weighted by Crippen LogP contribution is 2.09. The summed E-state index contributed by atoms with van der Waals surface area (Å²) < 4.78 is 10.8. The summed E-state index contributed by atoms with van der Waals surface area (Å²) in [6.07, 6.45) is -0.298. The van der Waals surface area contributed by atoms with Crippen LogP contribution < -0.4 is 5.32 Å². The number of ether oxygens (including phenoxy) is 2. The van der Waals surface area contributed by atoms with Crippen LogP contribution in [0.1, 0.15) is 18.7 Å². The van der Waals surface area contributed by atoms with E-state index >= 15 is 0 Å². The van der Waals surface area contributed by atoms with E-state index in [1.165, 1.54) is 4.88 Å². The maximum Gasteiger partial charge on any atom is 0.0897 e. The summed E-state index contributed by atoms with van der Waals surface area (Å²) in [6.45, 7) is 6.91. The van der Waals surface area contributed by atoms with Gasteiger partial charge in [0.1, 0.15) is 0 Å². The topological polar surface area (TPSA) is 50.7 Å². The van der Waals surface area contributed by atoms with Crippen molar-refractivity contribution in [1.29, 1.82) is 0 Å². The molecule has 0 radical (unpaired) electrons. The van der Waals surface area contributed by atoms with Gasteiger partial charge < -0.3 is 19.9 Å². The largest absolute Gasteiger partial charge is 0.389 e. The number of aliphatic hydroxyl groups is 1. The molecule has 0 saturated carbocycles. The van der Waals surface area contributed by atoms with E-state index < -0.39 is 6.10 Å². The Morgan fingerprint density at radius 2 is 2.28 bits per heavy atom. The van der Waals surface area contributed by atoms with Crippen molar-refractivity contribution in [1.82, 2.24) is 5.32 Å². The Balaban J connectivity index is 1.98. The van der Waals surface area contributed by atoms with Crippen molar-refractivity contribution in [2.75, 3.05) is 26.3 Å². The zero-order chi connectivity index (χ0) is 13.2. The summed E-state index contributed by atoms with van der Waals surface area (Å²) in [5, 5.41) is 14.9.